The summed E-state index contributed by atoms with van der Waals surface area (Å²) in [4.78, 5) is 11.5. The van der Waals surface area contributed by atoms with Crippen molar-refractivity contribution >= 4 is 6.09 Å². The minimum atomic E-state index is -0.502. The Balaban J connectivity index is 3.09. The van der Waals surface area contributed by atoms with Crippen molar-refractivity contribution in [1.82, 2.24) is 5.32 Å². The van der Waals surface area contributed by atoms with Gasteiger partial charge in [-0.1, -0.05) is 84.0 Å². The van der Waals surface area contributed by atoms with Crippen LogP contribution in [-0.4, -0.2) is 111 Å². The maximum absolute atomic E-state index is 11.5. The summed E-state index contributed by atoms with van der Waals surface area (Å²) < 4.78 is 43.7. The van der Waals surface area contributed by atoms with Gasteiger partial charge >= 0.3 is 6.09 Å². The summed E-state index contributed by atoms with van der Waals surface area (Å²) in [6.45, 7) is 15.8. The summed E-state index contributed by atoms with van der Waals surface area (Å²) >= 11 is 0. The van der Waals surface area contributed by atoms with E-state index >= 15 is 0 Å². The van der Waals surface area contributed by atoms with Crippen LogP contribution in [0.25, 0.3) is 0 Å². The predicted molar refractivity (Wildman–Crippen MR) is 176 cm³/mol. The van der Waals surface area contributed by atoms with E-state index in [0.29, 0.717) is 92.4 Å². The summed E-state index contributed by atoms with van der Waals surface area (Å²) in [5.74, 6) is 0. The van der Waals surface area contributed by atoms with Gasteiger partial charge in [0.15, 0.2) is 0 Å². The van der Waals surface area contributed by atoms with E-state index in [9.17, 15) is 4.79 Å². The molecule has 0 aromatic heterocycles. The molecule has 0 bridgehead atoms. The summed E-state index contributed by atoms with van der Waals surface area (Å²) in [6.07, 6.45) is 17.3. The fourth-order valence-corrected chi connectivity index (χ4v) is 4.18. The van der Waals surface area contributed by atoms with Gasteiger partial charge in [-0.15, -0.1) is 0 Å². The molecule has 0 aliphatic carbocycles. The van der Waals surface area contributed by atoms with Gasteiger partial charge in [-0.05, 0) is 27.2 Å². The third kappa shape index (κ3) is 39.0. The van der Waals surface area contributed by atoms with Gasteiger partial charge in [0.1, 0.15) is 5.60 Å². The number of alkyl carbamates (subject to hydrolysis) is 1. The lowest BCUT2D eigenvalue weighted by atomic mass is 10.0. The van der Waals surface area contributed by atoms with Crippen LogP contribution in [0, 0.1) is 0 Å². The molecule has 0 heterocycles. The van der Waals surface area contributed by atoms with Crippen molar-refractivity contribution in [2.45, 2.75) is 117 Å². The number of unbranched alkanes of at least 4 members (excludes halogenated alkanes) is 12. The molecule has 0 aliphatic heterocycles. The molecule has 10 nitrogen and oxygen atoms in total. The third-order valence-corrected chi connectivity index (χ3v) is 6.54. The number of hydrogen-bond donors (Lipinski definition) is 1. The maximum atomic E-state index is 11.5. The van der Waals surface area contributed by atoms with Crippen molar-refractivity contribution in [3.05, 3.63) is 0 Å². The van der Waals surface area contributed by atoms with E-state index in [2.05, 4.69) is 12.2 Å². The molecule has 44 heavy (non-hydrogen) atoms. The first-order chi connectivity index (χ1) is 21.5. The van der Waals surface area contributed by atoms with Crippen LogP contribution in [-0.2, 0) is 37.9 Å². The standard InChI is InChI=1S/C34H69NO9/c1-5-6-7-8-9-10-11-12-13-14-15-16-17-19-37-21-23-39-25-27-41-29-31-43-32-30-42-28-26-40-24-22-38-20-18-35-33(36)44-34(2,3)4/h5-32H2,1-4H3,(H,35,36). The van der Waals surface area contributed by atoms with Crippen molar-refractivity contribution in [3.8, 4) is 0 Å². The molecule has 0 aliphatic rings. The van der Waals surface area contributed by atoms with Crippen LogP contribution in [0.3, 0.4) is 0 Å². The highest BCUT2D eigenvalue weighted by molar-refractivity contribution is 5.67. The summed E-state index contributed by atoms with van der Waals surface area (Å²) in [5, 5.41) is 2.64. The highest BCUT2D eigenvalue weighted by Gasteiger charge is 2.15. The number of nitrogens with one attached hydrogen (secondary N) is 1. The van der Waals surface area contributed by atoms with Crippen molar-refractivity contribution in [2.24, 2.45) is 0 Å². The van der Waals surface area contributed by atoms with Crippen molar-refractivity contribution in [1.29, 1.82) is 0 Å². The molecule has 0 aromatic carbocycles. The Morgan fingerprint density at radius 1 is 0.432 bits per heavy atom. The molecule has 0 atom stereocenters. The largest absolute Gasteiger partial charge is 0.444 e. The lowest BCUT2D eigenvalue weighted by molar-refractivity contribution is -0.0205. The Morgan fingerprint density at radius 3 is 1.07 bits per heavy atom. The third-order valence-electron chi connectivity index (χ3n) is 6.54. The molecule has 1 amide bonds. The van der Waals surface area contributed by atoms with Gasteiger partial charge in [0.2, 0.25) is 0 Å². The van der Waals surface area contributed by atoms with Gasteiger partial charge in [-0.3, -0.25) is 0 Å². The fraction of sp³-hybridized carbons (Fsp3) is 0.971. The number of amides is 1. The molecule has 1 N–H and O–H groups in total. The highest BCUT2D eigenvalue weighted by atomic mass is 16.6. The minimum Gasteiger partial charge on any atom is -0.444 e. The second-order valence-electron chi connectivity index (χ2n) is 12.0. The van der Waals surface area contributed by atoms with E-state index in [0.717, 1.165) is 13.0 Å². The Bertz CT molecular complexity index is 575. The van der Waals surface area contributed by atoms with Gasteiger partial charge in [0.25, 0.3) is 0 Å². The van der Waals surface area contributed by atoms with E-state index in [4.69, 9.17) is 37.9 Å². The van der Waals surface area contributed by atoms with Gasteiger partial charge in [-0.2, -0.15) is 0 Å². The zero-order valence-corrected chi connectivity index (χ0v) is 29.0. The van der Waals surface area contributed by atoms with Gasteiger partial charge in [0, 0.05) is 13.2 Å². The molecule has 0 radical (unpaired) electrons. The highest BCUT2D eigenvalue weighted by Crippen LogP contribution is 2.12. The minimum absolute atomic E-state index is 0.395. The van der Waals surface area contributed by atoms with Crippen LogP contribution in [0.15, 0.2) is 0 Å². The summed E-state index contributed by atoms with van der Waals surface area (Å²) in [7, 11) is 0. The molecular formula is C34H69NO9. The van der Waals surface area contributed by atoms with E-state index in [1.807, 2.05) is 20.8 Å². The molecule has 0 saturated carbocycles. The predicted octanol–water partition coefficient (Wildman–Crippen LogP) is 6.72. The molecule has 10 heteroatoms. The van der Waals surface area contributed by atoms with E-state index in [1.54, 1.807) is 0 Å². The van der Waals surface area contributed by atoms with Gasteiger partial charge in [0.05, 0.1) is 85.9 Å². The Kier molecular flexibility index (Phi) is 34.1. The number of carbonyl (C=O) groups is 1. The first-order valence-corrected chi connectivity index (χ1v) is 17.5. The topological polar surface area (TPSA) is 103 Å². The summed E-state index contributed by atoms with van der Waals surface area (Å²) in [6, 6.07) is 0. The Morgan fingerprint density at radius 2 is 0.727 bits per heavy atom. The first kappa shape index (κ1) is 43.0. The second-order valence-corrected chi connectivity index (χ2v) is 12.0. The van der Waals surface area contributed by atoms with Crippen LogP contribution >= 0.6 is 0 Å². The zero-order valence-electron chi connectivity index (χ0n) is 29.0. The molecule has 0 unspecified atom stereocenters. The molecule has 0 rings (SSSR count). The number of ether oxygens (including phenoxy) is 8. The normalized spacial score (nSPS) is 11.7. The average molecular weight is 636 g/mol. The van der Waals surface area contributed by atoms with E-state index in [1.165, 1.54) is 77.0 Å². The van der Waals surface area contributed by atoms with Crippen LogP contribution in [0.2, 0.25) is 0 Å². The van der Waals surface area contributed by atoms with Gasteiger partial charge in [-0.25, -0.2) is 4.79 Å². The lowest BCUT2D eigenvalue weighted by Gasteiger charge is -2.19. The molecule has 0 aromatic rings. The molecular weight excluding hydrogens is 566 g/mol. The van der Waals surface area contributed by atoms with Crippen molar-refractivity contribution in [3.63, 3.8) is 0 Å². The molecule has 0 fully saturated rings. The molecule has 264 valence electrons. The van der Waals surface area contributed by atoms with E-state index < -0.39 is 11.7 Å². The monoisotopic (exact) mass is 635 g/mol. The lowest BCUT2D eigenvalue weighted by Crippen LogP contribution is -2.34. The van der Waals surface area contributed by atoms with E-state index in [-0.39, 0.29) is 0 Å². The fourth-order valence-electron chi connectivity index (χ4n) is 4.18. The number of hydrogen-bond acceptors (Lipinski definition) is 9. The van der Waals surface area contributed by atoms with Crippen LogP contribution < -0.4 is 5.32 Å². The summed E-state index contributed by atoms with van der Waals surface area (Å²) in [5.41, 5.74) is -0.502. The quantitative estimate of drug-likeness (QED) is 0.0761. The second kappa shape index (κ2) is 34.9. The average Bonchev–Trinajstić information content (AvgIpc) is 2.98. The Hall–Kier alpha value is -1.01. The zero-order chi connectivity index (χ0) is 32.2. The van der Waals surface area contributed by atoms with Crippen LogP contribution in [0.4, 0.5) is 4.79 Å². The molecule has 0 spiro atoms. The van der Waals surface area contributed by atoms with Gasteiger partial charge < -0.3 is 43.2 Å². The van der Waals surface area contributed by atoms with Crippen molar-refractivity contribution in [2.75, 3.05) is 99.0 Å². The maximum Gasteiger partial charge on any atom is 0.407 e. The number of carbonyl (C=O) groups excluding carboxylic acids is 1. The smallest absolute Gasteiger partial charge is 0.407 e. The Labute approximate surface area is 269 Å². The first-order valence-electron chi connectivity index (χ1n) is 17.5. The molecule has 0 saturated heterocycles. The number of rotatable bonds is 35. The van der Waals surface area contributed by atoms with Crippen LogP contribution in [0.1, 0.15) is 111 Å². The SMILES string of the molecule is CCCCCCCCCCCCCCCOCCOCCOCCOCCOCCOCCOCCNC(=O)OC(C)(C)C. The van der Waals surface area contributed by atoms with Crippen molar-refractivity contribution < 1.29 is 42.7 Å². The van der Waals surface area contributed by atoms with Crippen LogP contribution in [0.5, 0.6) is 0 Å².